The summed E-state index contributed by atoms with van der Waals surface area (Å²) >= 11 is 0. The second-order valence-electron chi connectivity index (χ2n) is 5.82. The molecule has 0 spiro atoms. The van der Waals surface area contributed by atoms with Gasteiger partial charge in [-0.3, -0.25) is 4.79 Å². The third-order valence-electron chi connectivity index (χ3n) is 4.31. The first-order chi connectivity index (χ1) is 9.22. The van der Waals surface area contributed by atoms with Crippen LogP contribution in [-0.2, 0) is 19.4 Å². The van der Waals surface area contributed by atoms with Crippen LogP contribution in [0.4, 0.5) is 0 Å². The van der Waals surface area contributed by atoms with Crippen molar-refractivity contribution in [3.63, 3.8) is 0 Å². The molecule has 0 amide bonds. The lowest BCUT2D eigenvalue weighted by Gasteiger charge is -2.28. The number of aromatic nitrogens is 2. The zero-order valence-corrected chi connectivity index (χ0v) is 11.5. The van der Waals surface area contributed by atoms with E-state index in [4.69, 9.17) is 0 Å². The van der Waals surface area contributed by atoms with Gasteiger partial charge in [0.1, 0.15) is 5.82 Å². The van der Waals surface area contributed by atoms with Crippen LogP contribution < -0.4 is 10.9 Å². The van der Waals surface area contributed by atoms with Crippen LogP contribution in [0.5, 0.6) is 0 Å². The van der Waals surface area contributed by atoms with E-state index in [2.05, 4.69) is 27.2 Å². The lowest BCUT2D eigenvalue weighted by atomic mass is 9.93. The largest absolute Gasteiger partial charge is 0.311 e. The molecule has 2 aliphatic rings. The van der Waals surface area contributed by atoms with Gasteiger partial charge in [-0.25, -0.2) is 4.98 Å². The van der Waals surface area contributed by atoms with E-state index in [-0.39, 0.29) is 5.56 Å². The van der Waals surface area contributed by atoms with Gasteiger partial charge < -0.3 is 15.2 Å². The van der Waals surface area contributed by atoms with Crippen LogP contribution in [-0.4, -0.2) is 41.5 Å². The number of piperidine rings is 1. The minimum Gasteiger partial charge on any atom is -0.311 e. The molecule has 104 valence electrons. The molecule has 0 radical (unpaired) electrons. The number of nitrogens with one attached hydrogen (secondary N) is 2. The van der Waals surface area contributed by atoms with Gasteiger partial charge in [0.2, 0.25) is 0 Å². The van der Waals surface area contributed by atoms with Crippen molar-refractivity contribution in [3.8, 4) is 0 Å². The summed E-state index contributed by atoms with van der Waals surface area (Å²) in [6, 6.07) is 0. The third-order valence-corrected chi connectivity index (χ3v) is 4.31. The number of nitrogens with zero attached hydrogens (tertiary/aromatic N) is 2. The van der Waals surface area contributed by atoms with Crippen molar-refractivity contribution in [2.45, 2.75) is 32.2 Å². The molecule has 0 aromatic carbocycles. The molecule has 3 heterocycles. The molecule has 0 aliphatic carbocycles. The molecule has 0 unspecified atom stereocenters. The van der Waals surface area contributed by atoms with Gasteiger partial charge in [0, 0.05) is 18.5 Å². The summed E-state index contributed by atoms with van der Waals surface area (Å²) in [6.07, 6.45) is 4.12. The number of hydrogen-bond acceptors (Lipinski definition) is 4. The predicted molar refractivity (Wildman–Crippen MR) is 74.2 cm³/mol. The van der Waals surface area contributed by atoms with Crippen LogP contribution >= 0.6 is 0 Å². The predicted octanol–water partition coefficient (Wildman–Crippen LogP) is 0.300. The summed E-state index contributed by atoms with van der Waals surface area (Å²) in [5.74, 6) is 1.54. The molecule has 2 aliphatic heterocycles. The molecular weight excluding hydrogens is 240 g/mol. The molecule has 3 rings (SSSR count). The maximum atomic E-state index is 12.0. The number of rotatable bonds is 2. The van der Waals surface area contributed by atoms with Crippen LogP contribution in [0.25, 0.3) is 0 Å². The first-order valence-corrected chi connectivity index (χ1v) is 7.22. The normalized spacial score (nSPS) is 21.3. The minimum atomic E-state index is 0.0782. The number of likely N-dealkylation sites (tertiary alicyclic amines) is 1. The highest BCUT2D eigenvalue weighted by Gasteiger charge is 2.20. The highest BCUT2D eigenvalue weighted by atomic mass is 16.1. The first-order valence-electron chi connectivity index (χ1n) is 7.22. The summed E-state index contributed by atoms with van der Waals surface area (Å²) in [7, 11) is 2.17. The van der Waals surface area contributed by atoms with Crippen LogP contribution in [0, 0.1) is 5.92 Å². The fourth-order valence-corrected chi connectivity index (χ4v) is 3.06. The number of aromatic amines is 1. The van der Waals surface area contributed by atoms with Crippen LogP contribution in [0.2, 0.25) is 0 Å². The lowest BCUT2D eigenvalue weighted by molar-refractivity contribution is 0.217. The van der Waals surface area contributed by atoms with E-state index in [0.29, 0.717) is 5.92 Å². The maximum Gasteiger partial charge on any atom is 0.254 e. The molecule has 0 bridgehead atoms. The van der Waals surface area contributed by atoms with E-state index in [1.54, 1.807) is 0 Å². The van der Waals surface area contributed by atoms with E-state index in [1.807, 2.05) is 0 Å². The molecule has 1 aromatic rings. The van der Waals surface area contributed by atoms with Gasteiger partial charge in [-0.05, 0) is 51.9 Å². The van der Waals surface area contributed by atoms with Gasteiger partial charge in [0.15, 0.2) is 0 Å². The Morgan fingerprint density at radius 2 is 2.16 bits per heavy atom. The molecule has 5 nitrogen and oxygen atoms in total. The molecule has 5 heteroatoms. The summed E-state index contributed by atoms with van der Waals surface area (Å²) in [4.78, 5) is 22.1. The second-order valence-corrected chi connectivity index (χ2v) is 5.82. The highest BCUT2D eigenvalue weighted by Crippen LogP contribution is 2.19. The Balaban J connectivity index is 1.74. The number of fused-ring (bicyclic) bond motifs is 1. The topological polar surface area (TPSA) is 61.0 Å². The Hall–Kier alpha value is -1.20. The monoisotopic (exact) mass is 262 g/mol. The van der Waals surface area contributed by atoms with Gasteiger partial charge in [-0.1, -0.05) is 0 Å². The molecule has 1 saturated heterocycles. The zero-order chi connectivity index (χ0) is 13.2. The van der Waals surface area contributed by atoms with Gasteiger partial charge >= 0.3 is 0 Å². The van der Waals surface area contributed by atoms with Crippen molar-refractivity contribution < 1.29 is 0 Å². The standard InChI is InChI=1S/C14H22N4O/c1-18-6-3-10(4-7-18)8-13-16-12-9-15-5-2-11(12)14(19)17-13/h10,15H,2-9H2,1H3,(H,16,17,19). The van der Waals surface area contributed by atoms with Crippen LogP contribution in [0.3, 0.4) is 0 Å². The SMILES string of the molecule is CN1CCC(Cc2nc3c(c(=O)[nH]2)CCNC3)CC1. The van der Waals surface area contributed by atoms with Crippen molar-refractivity contribution in [1.82, 2.24) is 20.2 Å². The Bertz CT molecular complexity index is 503. The van der Waals surface area contributed by atoms with Crippen LogP contribution in [0.1, 0.15) is 29.9 Å². The average molecular weight is 262 g/mol. The van der Waals surface area contributed by atoms with Crippen molar-refractivity contribution in [2.24, 2.45) is 5.92 Å². The van der Waals surface area contributed by atoms with E-state index >= 15 is 0 Å². The lowest BCUT2D eigenvalue weighted by Crippen LogP contribution is -2.34. The molecule has 1 fully saturated rings. The third kappa shape index (κ3) is 2.87. The first kappa shape index (κ1) is 12.8. The van der Waals surface area contributed by atoms with Gasteiger partial charge in [-0.15, -0.1) is 0 Å². The quantitative estimate of drug-likeness (QED) is 0.805. The van der Waals surface area contributed by atoms with Gasteiger partial charge in [0.25, 0.3) is 5.56 Å². The zero-order valence-electron chi connectivity index (χ0n) is 11.5. The number of H-pyrrole nitrogens is 1. The van der Waals surface area contributed by atoms with Gasteiger partial charge in [0.05, 0.1) is 5.69 Å². The molecule has 1 aromatic heterocycles. The van der Waals surface area contributed by atoms with E-state index < -0.39 is 0 Å². The van der Waals surface area contributed by atoms with Crippen molar-refractivity contribution in [1.29, 1.82) is 0 Å². The summed E-state index contributed by atoms with van der Waals surface area (Å²) < 4.78 is 0. The highest BCUT2D eigenvalue weighted by molar-refractivity contribution is 5.20. The summed E-state index contributed by atoms with van der Waals surface area (Å²) in [6.45, 7) is 3.93. The van der Waals surface area contributed by atoms with E-state index in [9.17, 15) is 4.79 Å². The summed E-state index contributed by atoms with van der Waals surface area (Å²) in [5.41, 5.74) is 1.92. The van der Waals surface area contributed by atoms with Gasteiger partial charge in [-0.2, -0.15) is 0 Å². The number of hydrogen-bond donors (Lipinski definition) is 2. The van der Waals surface area contributed by atoms with E-state index in [0.717, 1.165) is 56.1 Å². The van der Waals surface area contributed by atoms with Crippen molar-refractivity contribution in [2.75, 3.05) is 26.7 Å². The average Bonchev–Trinajstić information content (AvgIpc) is 2.42. The second kappa shape index (κ2) is 5.43. The molecule has 0 saturated carbocycles. The fourth-order valence-electron chi connectivity index (χ4n) is 3.06. The molecule has 19 heavy (non-hydrogen) atoms. The van der Waals surface area contributed by atoms with E-state index in [1.165, 1.54) is 12.8 Å². The Morgan fingerprint density at radius 1 is 1.37 bits per heavy atom. The Labute approximate surface area is 113 Å². The molecule has 0 atom stereocenters. The minimum absolute atomic E-state index is 0.0782. The Morgan fingerprint density at radius 3 is 2.95 bits per heavy atom. The Kier molecular flexibility index (Phi) is 3.66. The fraction of sp³-hybridized carbons (Fsp3) is 0.714. The van der Waals surface area contributed by atoms with Crippen LogP contribution in [0.15, 0.2) is 4.79 Å². The van der Waals surface area contributed by atoms with Crippen molar-refractivity contribution in [3.05, 3.63) is 27.4 Å². The molecule has 2 N–H and O–H groups in total. The summed E-state index contributed by atoms with van der Waals surface area (Å²) in [5, 5.41) is 3.28. The maximum absolute atomic E-state index is 12.0. The molecular formula is C14H22N4O. The van der Waals surface area contributed by atoms with Crippen molar-refractivity contribution >= 4 is 0 Å². The smallest absolute Gasteiger partial charge is 0.254 e.